The van der Waals surface area contributed by atoms with Crippen LogP contribution < -0.4 is 4.74 Å². The molecule has 0 aromatic heterocycles. The van der Waals surface area contributed by atoms with E-state index in [1.165, 1.54) is 25.1 Å². The minimum absolute atomic E-state index is 0.153. The Kier molecular flexibility index (Phi) is 7.25. The molecule has 0 aliphatic heterocycles. The predicted molar refractivity (Wildman–Crippen MR) is 113 cm³/mol. The van der Waals surface area contributed by atoms with Gasteiger partial charge in [0, 0.05) is 31.2 Å². The number of hydrogen-bond donors (Lipinski definition) is 0. The van der Waals surface area contributed by atoms with E-state index in [4.69, 9.17) is 4.74 Å². The zero-order valence-corrected chi connectivity index (χ0v) is 19.1. The third-order valence-electron chi connectivity index (χ3n) is 4.48. The minimum Gasteiger partial charge on any atom is -0.492 e. The first-order valence-electron chi connectivity index (χ1n) is 8.71. The first-order valence-corrected chi connectivity index (χ1v) is 10.9. The fourth-order valence-corrected chi connectivity index (χ4v) is 4.05. The maximum absolute atomic E-state index is 12.8. The van der Waals surface area contributed by atoms with Gasteiger partial charge in [-0.2, -0.15) is 0 Å². The number of aryl methyl sites for hydroxylation is 1. The molecular formula is C20H25BrN2O4S. The van der Waals surface area contributed by atoms with Crippen LogP contribution in [0.5, 0.6) is 5.75 Å². The minimum atomic E-state index is -3.63. The molecule has 1 amide bonds. The largest absolute Gasteiger partial charge is 0.492 e. The summed E-state index contributed by atoms with van der Waals surface area (Å²) in [5, 5.41) is 0. The summed E-state index contributed by atoms with van der Waals surface area (Å²) >= 11 is 3.37. The Morgan fingerprint density at radius 3 is 2.25 bits per heavy atom. The number of carbonyl (C=O) groups excluding carboxylic acids is 1. The van der Waals surface area contributed by atoms with E-state index in [0.717, 1.165) is 20.1 Å². The molecule has 2 aromatic carbocycles. The molecule has 0 aliphatic carbocycles. The predicted octanol–water partition coefficient (Wildman–Crippen LogP) is 3.47. The highest BCUT2D eigenvalue weighted by Crippen LogP contribution is 2.24. The Balaban J connectivity index is 2.14. The number of sulfonamides is 1. The number of ether oxygens (including phenoxy) is 1. The van der Waals surface area contributed by atoms with Crippen molar-refractivity contribution in [1.29, 1.82) is 0 Å². The normalized spacial score (nSPS) is 11.5. The average Bonchev–Trinajstić information content (AvgIpc) is 2.64. The Labute approximate surface area is 175 Å². The van der Waals surface area contributed by atoms with Crippen molar-refractivity contribution in [2.24, 2.45) is 0 Å². The molecule has 0 heterocycles. The third kappa shape index (κ3) is 5.12. The van der Waals surface area contributed by atoms with Crippen molar-refractivity contribution in [2.75, 3.05) is 34.3 Å². The first kappa shape index (κ1) is 22.4. The van der Waals surface area contributed by atoms with Gasteiger partial charge in [0.1, 0.15) is 12.4 Å². The van der Waals surface area contributed by atoms with Crippen LogP contribution in [0.1, 0.15) is 21.5 Å². The molecule has 0 saturated carbocycles. The van der Waals surface area contributed by atoms with E-state index < -0.39 is 10.0 Å². The highest BCUT2D eigenvalue weighted by Gasteiger charge is 2.23. The van der Waals surface area contributed by atoms with Gasteiger partial charge in [-0.1, -0.05) is 15.9 Å². The lowest BCUT2D eigenvalue weighted by Crippen LogP contribution is -2.31. The van der Waals surface area contributed by atoms with Crippen LogP contribution in [0.3, 0.4) is 0 Å². The molecule has 2 aromatic rings. The highest BCUT2D eigenvalue weighted by atomic mass is 79.9. The summed E-state index contributed by atoms with van der Waals surface area (Å²) < 4.78 is 32.9. The number of rotatable bonds is 7. The van der Waals surface area contributed by atoms with Crippen molar-refractivity contribution < 1.29 is 17.9 Å². The number of amides is 1. The van der Waals surface area contributed by atoms with E-state index in [9.17, 15) is 13.2 Å². The number of halogens is 1. The van der Waals surface area contributed by atoms with E-state index in [2.05, 4.69) is 15.9 Å². The van der Waals surface area contributed by atoms with Crippen LogP contribution in [0.15, 0.2) is 45.8 Å². The number of nitrogens with zero attached hydrogens (tertiary/aromatic N) is 2. The van der Waals surface area contributed by atoms with Crippen molar-refractivity contribution in [2.45, 2.75) is 18.7 Å². The molecule has 152 valence electrons. The molecule has 8 heteroatoms. The molecule has 0 aliphatic rings. The SMILES string of the molecule is Cc1cc(C(=O)N(C)CCOc2ccc(Br)cc2)cc(S(=O)(=O)N(C)C)c1C. The van der Waals surface area contributed by atoms with Crippen molar-refractivity contribution in [3.8, 4) is 5.75 Å². The fourth-order valence-electron chi connectivity index (χ4n) is 2.57. The third-order valence-corrected chi connectivity index (χ3v) is 6.95. The van der Waals surface area contributed by atoms with Crippen molar-refractivity contribution in [3.05, 3.63) is 57.6 Å². The van der Waals surface area contributed by atoms with Gasteiger partial charge < -0.3 is 9.64 Å². The second-order valence-corrected chi connectivity index (χ2v) is 9.77. The van der Waals surface area contributed by atoms with Crippen molar-refractivity contribution >= 4 is 31.9 Å². The van der Waals surface area contributed by atoms with Crippen LogP contribution in [0.2, 0.25) is 0 Å². The van der Waals surface area contributed by atoms with Gasteiger partial charge in [0.05, 0.1) is 11.4 Å². The molecular weight excluding hydrogens is 444 g/mol. The first-order chi connectivity index (χ1) is 13.0. The monoisotopic (exact) mass is 468 g/mol. The Bertz CT molecular complexity index is 957. The van der Waals surface area contributed by atoms with E-state index in [1.54, 1.807) is 27.0 Å². The van der Waals surface area contributed by atoms with Gasteiger partial charge in [-0.3, -0.25) is 4.79 Å². The topological polar surface area (TPSA) is 66.9 Å². The van der Waals surface area contributed by atoms with E-state index >= 15 is 0 Å². The summed E-state index contributed by atoms with van der Waals surface area (Å²) in [5.41, 5.74) is 1.74. The standard InChI is InChI=1S/C20H25BrN2O4S/c1-14-12-16(13-19(15(14)2)28(25,26)22(3)4)20(24)23(5)10-11-27-18-8-6-17(21)7-9-18/h6-9,12-13H,10-11H2,1-5H3. The van der Waals surface area contributed by atoms with Crippen molar-refractivity contribution in [3.63, 3.8) is 0 Å². The Hall–Kier alpha value is -1.90. The second kappa shape index (κ2) is 9.07. The summed E-state index contributed by atoms with van der Waals surface area (Å²) in [7, 11) is 0.988. The van der Waals surface area contributed by atoms with E-state index in [-0.39, 0.29) is 10.8 Å². The second-order valence-electron chi connectivity index (χ2n) is 6.73. The van der Waals surface area contributed by atoms with Gasteiger partial charge in [0.25, 0.3) is 5.91 Å². The molecule has 0 bridgehead atoms. The van der Waals surface area contributed by atoms with E-state index in [0.29, 0.717) is 24.3 Å². The maximum Gasteiger partial charge on any atom is 0.253 e. The van der Waals surface area contributed by atoms with Gasteiger partial charge in [-0.05, 0) is 61.4 Å². The summed E-state index contributed by atoms with van der Waals surface area (Å²) in [5.74, 6) is 0.465. The summed E-state index contributed by atoms with van der Waals surface area (Å²) in [4.78, 5) is 14.5. The zero-order chi connectivity index (χ0) is 21.1. The molecule has 0 unspecified atom stereocenters. The Morgan fingerprint density at radius 1 is 1.07 bits per heavy atom. The van der Waals surface area contributed by atoms with Gasteiger partial charge in [0.2, 0.25) is 10.0 Å². The number of hydrogen-bond acceptors (Lipinski definition) is 4. The molecule has 0 atom stereocenters. The van der Waals surface area contributed by atoms with Crippen LogP contribution in [0.25, 0.3) is 0 Å². The number of carbonyl (C=O) groups is 1. The number of likely N-dealkylation sites (N-methyl/N-ethyl adjacent to an activating group) is 1. The molecule has 28 heavy (non-hydrogen) atoms. The summed E-state index contributed by atoms with van der Waals surface area (Å²) in [6.07, 6.45) is 0. The molecule has 0 N–H and O–H groups in total. The van der Waals surface area contributed by atoms with Gasteiger partial charge in [-0.15, -0.1) is 0 Å². The van der Waals surface area contributed by atoms with Crippen LogP contribution in [0, 0.1) is 13.8 Å². The van der Waals surface area contributed by atoms with Gasteiger partial charge >= 0.3 is 0 Å². The smallest absolute Gasteiger partial charge is 0.253 e. The quantitative estimate of drug-likeness (QED) is 0.623. The van der Waals surface area contributed by atoms with Gasteiger partial charge in [0.15, 0.2) is 0 Å². The summed E-state index contributed by atoms with van der Waals surface area (Å²) in [6.45, 7) is 4.25. The fraction of sp³-hybridized carbons (Fsp3) is 0.350. The van der Waals surface area contributed by atoms with Crippen LogP contribution in [0.4, 0.5) is 0 Å². The van der Waals surface area contributed by atoms with Crippen LogP contribution >= 0.6 is 15.9 Å². The zero-order valence-electron chi connectivity index (χ0n) is 16.7. The molecule has 6 nitrogen and oxygen atoms in total. The van der Waals surface area contributed by atoms with Crippen LogP contribution in [-0.2, 0) is 10.0 Å². The molecule has 0 radical (unpaired) electrons. The summed E-state index contributed by atoms with van der Waals surface area (Å²) in [6, 6.07) is 10.6. The lowest BCUT2D eigenvalue weighted by molar-refractivity contribution is 0.0773. The van der Waals surface area contributed by atoms with Crippen molar-refractivity contribution in [1.82, 2.24) is 9.21 Å². The lowest BCUT2D eigenvalue weighted by atomic mass is 10.1. The molecule has 0 spiro atoms. The molecule has 2 rings (SSSR count). The molecule has 0 fully saturated rings. The van der Waals surface area contributed by atoms with Crippen LogP contribution in [-0.4, -0.2) is 57.8 Å². The lowest BCUT2D eigenvalue weighted by Gasteiger charge is -2.20. The highest BCUT2D eigenvalue weighted by molar-refractivity contribution is 9.10. The van der Waals surface area contributed by atoms with E-state index in [1.807, 2.05) is 24.3 Å². The maximum atomic E-state index is 12.8. The van der Waals surface area contributed by atoms with Gasteiger partial charge in [-0.25, -0.2) is 12.7 Å². The molecule has 0 saturated heterocycles. The number of benzene rings is 2. The average molecular weight is 469 g/mol. The Morgan fingerprint density at radius 2 is 1.68 bits per heavy atom.